The van der Waals surface area contributed by atoms with E-state index in [-0.39, 0.29) is 26.9 Å². The van der Waals surface area contributed by atoms with E-state index in [1.54, 1.807) is 0 Å². The Bertz CT molecular complexity index is 1100. The lowest BCUT2D eigenvalue weighted by molar-refractivity contribution is -0.146. The van der Waals surface area contributed by atoms with Crippen LogP contribution in [0.1, 0.15) is 5.56 Å². The minimum absolute atomic E-state index is 0.134. The lowest BCUT2D eigenvalue weighted by atomic mass is 10.2. The maximum absolute atomic E-state index is 12.2. The molecule has 2 N–H and O–H groups in total. The molecule has 2 aromatic rings. The largest absolute Gasteiger partial charge is 0.455 e. The number of nitrogens with one attached hydrogen (secondary N) is 2. The van der Waals surface area contributed by atoms with E-state index in [2.05, 4.69) is 14.8 Å². The Morgan fingerprint density at radius 1 is 1.16 bits per heavy atom. The number of esters is 1. The number of carbonyl (C=O) groups excluding carboxylic acids is 2. The van der Waals surface area contributed by atoms with E-state index in [0.29, 0.717) is 0 Å². The van der Waals surface area contributed by atoms with Gasteiger partial charge in [-0.15, -0.1) is 0 Å². The highest BCUT2D eigenvalue weighted by molar-refractivity contribution is 7.89. The predicted molar refractivity (Wildman–Crippen MR) is 104 cm³/mol. The summed E-state index contributed by atoms with van der Waals surface area (Å²) in [5.74, 6) is -2.08. The van der Waals surface area contributed by atoms with Gasteiger partial charge in [-0.05, 0) is 42.5 Å². The maximum Gasteiger partial charge on any atom is 0.387 e. The van der Waals surface area contributed by atoms with Crippen LogP contribution in [0.4, 0.5) is 14.5 Å². The van der Waals surface area contributed by atoms with Crippen molar-refractivity contribution < 1.29 is 36.3 Å². The van der Waals surface area contributed by atoms with Gasteiger partial charge in [-0.3, -0.25) is 9.59 Å². The van der Waals surface area contributed by atoms with Gasteiger partial charge in [0.2, 0.25) is 10.0 Å². The third-order valence-corrected chi connectivity index (χ3v) is 5.21. The van der Waals surface area contributed by atoms with Gasteiger partial charge in [-0.25, -0.2) is 8.42 Å². The van der Waals surface area contributed by atoms with Crippen molar-refractivity contribution in [2.45, 2.75) is 11.5 Å². The molecule has 2 aromatic carbocycles. The molecule has 0 bridgehead atoms. The van der Waals surface area contributed by atoms with Crippen LogP contribution in [0.5, 0.6) is 5.75 Å². The summed E-state index contributed by atoms with van der Waals surface area (Å²) < 4.78 is 59.4. The monoisotopic (exact) mass is 473 g/mol. The van der Waals surface area contributed by atoms with Crippen LogP contribution in [0, 0.1) is 11.3 Å². The summed E-state index contributed by atoms with van der Waals surface area (Å²) in [5, 5.41) is 10.9. The van der Waals surface area contributed by atoms with Gasteiger partial charge in [0.1, 0.15) is 12.3 Å². The van der Waals surface area contributed by atoms with Crippen LogP contribution in [-0.4, -0.2) is 40.1 Å². The van der Waals surface area contributed by atoms with E-state index >= 15 is 0 Å². The van der Waals surface area contributed by atoms with Crippen LogP contribution in [0.15, 0.2) is 47.4 Å². The maximum atomic E-state index is 12.2. The van der Waals surface area contributed by atoms with E-state index in [1.807, 2.05) is 10.8 Å². The second-order valence-electron chi connectivity index (χ2n) is 5.69. The number of carbonyl (C=O) groups is 2. The molecule has 13 heteroatoms. The number of benzene rings is 2. The van der Waals surface area contributed by atoms with E-state index in [9.17, 15) is 26.8 Å². The number of halogens is 3. The van der Waals surface area contributed by atoms with Crippen molar-refractivity contribution in [1.29, 1.82) is 5.26 Å². The van der Waals surface area contributed by atoms with Crippen molar-refractivity contribution in [3.05, 3.63) is 53.1 Å². The molecule has 0 radical (unpaired) electrons. The highest BCUT2D eigenvalue weighted by Gasteiger charge is 2.17. The fraction of sp³-hybridized carbons (Fsp3) is 0.167. The standard InChI is InChI=1S/C18H14ClF2N3O6S/c19-14-7-12(3-6-15(14)30-18(20)21)24-16(25)10-29-17(26)9-23-31(27,28)13-4-1-11(8-22)2-5-13/h1-7,18,23H,9-10H2,(H,24,25). The first-order valence-electron chi connectivity index (χ1n) is 8.30. The van der Waals surface area contributed by atoms with Gasteiger partial charge in [-0.1, -0.05) is 11.6 Å². The summed E-state index contributed by atoms with van der Waals surface area (Å²) >= 11 is 5.76. The van der Waals surface area contributed by atoms with Gasteiger partial charge in [-0.2, -0.15) is 18.8 Å². The van der Waals surface area contributed by atoms with Gasteiger partial charge in [0.25, 0.3) is 5.91 Å². The van der Waals surface area contributed by atoms with Gasteiger partial charge in [0, 0.05) is 5.69 Å². The average Bonchev–Trinajstić information content (AvgIpc) is 2.72. The fourth-order valence-electron chi connectivity index (χ4n) is 2.11. The highest BCUT2D eigenvalue weighted by Crippen LogP contribution is 2.28. The molecule has 0 unspecified atom stereocenters. The summed E-state index contributed by atoms with van der Waals surface area (Å²) in [6.45, 7) is -4.53. The third-order valence-electron chi connectivity index (χ3n) is 3.50. The second-order valence-corrected chi connectivity index (χ2v) is 7.87. The van der Waals surface area contributed by atoms with Crippen molar-refractivity contribution >= 4 is 39.2 Å². The minimum atomic E-state index is -4.03. The zero-order valence-corrected chi connectivity index (χ0v) is 17.0. The summed E-state index contributed by atoms with van der Waals surface area (Å²) in [6, 6.07) is 10.4. The van der Waals surface area contributed by atoms with Crippen LogP contribution in [-0.2, 0) is 24.3 Å². The number of amides is 1. The van der Waals surface area contributed by atoms with Gasteiger partial charge in [0.05, 0.1) is 21.6 Å². The van der Waals surface area contributed by atoms with Crippen molar-refractivity contribution in [1.82, 2.24) is 4.72 Å². The Balaban J connectivity index is 1.82. The summed E-state index contributed by atoms with van der Waals surface area (Å²) in [4.78, 5) is 23.4. The molecule has 31 heavy (non-hydrogen) atoms. The molecule has 0 fully saturated rings. The predicted octanol–water partition coefficient (Wildman–Crippen LogP) is 2.27. The normalized spacial score (nSPS) is 10.9. The number of hydrogen-bond donors (Lipinski definition) is 2. The molecule has 0 saturated heterocycles. The van der Waals surface area contributed by atoms with Crippen molar-refractivity contribution in [2.24, 2.45) is 0 Å². The molecule has 9 nitrogen and oxygen atoms in total. The zero-order valence-electron chi connectivity index (χ0n) is 15.5. The molecule has 0 spiro atoms. The van der Waals surface area contributed by atoms with Crippen LogP contribution in [0.2, 0.25) is 5.02 Å². The first kappa shape index (κ1) is 24.0. The van der Waals surface area contributed by atoms with E-state index in [1.165, 1.54) is 30.3 Å². The molecular formula is C18H14ClF2N3O6S. The Hall–Kier alpha value is -3.27. The lowest BCUT2D eigenvalue weighted by Crippen LogP contribution is -2.32. The smallest absolute Gasteiger partial charge is 0.387 e. The van der Waals surface area contributed by atoms with Crippen LogP contribution < -0.4 is 14.8 Å². The molecule has 2 rings (SSSR count). The highest BCUT2D eigenvalue weighted by atomic mass is 35.5. The number of nitriles is 1. The number of anilines is 1. The molecule has 0 aliphatic rings. The Kier molecular flexibility index (Phi) is 8.26. The number of ether oxygens (including phenoxy) is 2. The van der Waals surface area contributed by atoms with Crippen molar-refractivity contribution in [3.63, 3.8) is 0 Å². The molecule has 1 amide bonds. The Morgan fingerprint density at radius 3 is 2.42 bits per heavy atom. The molecule has 0 aliphatic heterocycles. The van der Waals surface area contributed by atoms with E-state index < -0.39 is 41.7 Å². The van der Waals surface area contributed by atoms with Gasteiger partial charge >= 0.3 is 12.6 Å². The number of alkyl halides is 2. The Morgan fingerprint density at radius 2 is 1.84 bits per heavy atom. The lowest BCUT2D eigenvalue weighted by Gasteiger charge is -2.10. The molecule has 0 aliphatic carbocycles. The Labute approximate surface area is 180 Å². The second kappa shape index (κ2) is 10.7. The molecular weight excluding hydrogens is 460 g/mol. The molecule has 0 heterocycles. The quantitative estimate of drug-likeness (QED) is 0.533. The number of nitrogens with zero attached hydrogens (tertiary/aromatic N) is 1. The molecule has 0 aromatic heterocycles. The summed E-state index contributed by atoms with van der Waals surface area (Å²) in [7, 11) is -4.03. The molecule has 0 saturated carbocycles. The number of sulfonamides is 1. The average molecular weight is 474 g/mol. The van der Waals surface area contributed by atoms with E-state index in [4.69, 9.17) is 16.9 Å². The molecule has 164 valence electrons. The number of hydrogen-bond acceptors (Lipinski definition) is 7. The number of rotatable bonds is 9. The van der Waals surface area contributed by atoms with Crippen molar-refractivity contribution in [3.8, 4) is 11.8 Å². The third kappa shape index (κ3) is 7.49. The van der Waals surface area contributed by atoms with E-state index in [0.717, 1.165) is 12.1 Å². The topological polar surface area (TPSA) is 135 Å². The van der Waals surface area contributed by atoms with Crippen LogP contribution in [0.3, 0.4) is 0 Å². The zero-order chi connectivity index (χ0) is 23.0. The minimum Gasteiger partial charge on any atom is -0.455 e. The van der Waals surface area contributed by atoms with Crippen molar-refractivity contribution in [2.75, 3.05) is 18.5 Å². The first-order valence-corrected chi connectivity index (χ1v) is 10.2. The SMILES string of the molecule is N#Cc1ccc(S(=O)(=O)NCC(=O)OCC(=O)Nc2ccc(OC(F)F)c(Cl)c2)cc1. The first-order chi connectivity index (χ1) is 14.6. The van der Waals surface area contributed by atoms with Gasteiger partial charge < -0.3 is 14.8 Å². The fourth-order valence-corrected chi connectivity index (χ4v) is 3.30. The van der Waals surface area contributed by atoms with Crippen LogP contribution >= 0.6 is 11.6 Å². The van der Waals surface area contributed by atoms with Gasteiger partial charge in [0.15, 0.2) is 6.61 Å². The summed E-state index contributed by atoms with van der Waals surface area (Å²) in [5.41, 5.74) is 0.399. The summed E-state index contributed by atoms with van der Waals surface area (Å²) in [6.07, 6.45) is 0. The molecule has 0 atom stereocenters. The van der Waals surface area contributed by atoms with Crippen LogP contribution in [0.25, 0.3) is 0 Å².